The van der Waals surface area contributed by atoms with Crippen LogP contribution < -0.4 is 10.2 Å². The third kappa shape index (κ3) is 3.01. The van der Waals surface area contributed by atoms with E-state index in [0.29, 0.717) is 13.1 Å². The van der Waals surface area contributed by atoms with Gasteiger partial charge >= 0.3 is 5.51 Å². The summed E-state index contributed by atoms with van der Waals surface area (Å²) in [5.41, 5.74) is -5.16. The van der Waals surface area contributed by atoms with E-state index in [4.69, 9.17) is 0 Å². The van der Waals surface area contributed by atoms with E-state index in [1.807, 2.05) is 0 Å². The molecule has 1 unspecified atom stereocenters. The molecule has 1 aliphatic heterocycles. The van der Waals surface area contributed by atoms with Crippen LogP contribution in [0, 0.1) is 0 Å². The highest BCUT2D eigenvalue weighted by Crippen LogP contribution is 2.37. The number of para-hydroxylation sites is 1. The molecule has 0 aliphatic carbocycles. The standard InChI is InChI=1S/C13H17F3N2O2S/c1-17-9-10-5-4-8-18(10)11-6-2-3-7-12(11)21(19,20)13(14,15)16/h2-3,6-7,10,17H,4-5,8-9H2,1H3. The summed E-state index contributed by atoms with van der Waals surface area (Å²) in [5.74, 6) is 0. The average molecular weight is 322 g/mol. The van der Waals surface area contributed by atoms with Crippen LogP contribution in [0.5, 0.6) is 0 Å². The summed E-state index contributed by atoms with van der Waals surface area (Å²) in [6.45, 7) is 1.15. The summed E-state index contributed by atoms with van der Waals surface area (Å²) < 4.78 is 61.9. The van der Waals surface area contributed by atoms with Crippen LogP contribution in [0.3, 0.4) is 0 Å². The van der Waals surface area contributed by atoms with Gasteiger partial charge in [-0.15, -0.1) is 0 Å². The lowest BCUT2D eigenvalue weighted by atomic mass is 10.2. The SMILES string of the molecule is CNCC1CCCN1c1ccccc1S(=O)(=O)C(F)(F)F. The van der Waals surface area contributed by atoms with Crippen molar-refractivity contribution in [2.24, 2.45) is 0 Å². The van der Waals surface area contributed by atoms with Crippen molar-refractivity contribution in [3.63, 3.8) is 0 Å². The highest BCUT2D eigenvalue weighted by atomic mass is 32.2. The maximum atomic E-state index is 12.8. The molecule has 0 saturated carbocycles. The summed E-state index contributed by atoms with van der Waals surface area (Å²) in [4.78, 5) is 1.08. The van der Waals surface area contributed by atoms with E-state index in [-0.39, 0.29) is 11.7 Å². The molecule has 21 heavy (non-hydrogen) atoms. The van der Waals surface area contributed by atoms with Gasteiger partial charge in [-0.3, -0.25) is 0 Å². The van der Waals surface area contributed by atoms with Crippen molar-refractivity contribution >= 4 is 15.5 Å². The Hall–Kier alpha value is -1.28. The van der Waals surface area contributed by atoms with Crippen molar-refractivity contribution in [3.05, 3.63) is 24.3 Å². The first-order chi connectivity index (χ1) is 9.79. The Balaban J connectivity index is 2.47. The van der Waals surface area contributed by atoms with Gasteiger partial charge in [0.05, 0.1) is 10.6 Å². The smallest absolute Gasteiger partial charge is 0.366 e. The zero-order chi connectivity index (χ0) is 15.7. The molecule has 1 aromatic carbocycles. The highest BCUT2D eigenvalue weighted by molar-refractivity contribution is 7.92. The van der Waals surface area contributed by atoms with Gasteiger partial charge in [-0.1, -0.05) is 12.1 Å². The predicted molar refractivity (Wildman–Crippen MR) is 74.0 cm³/mol. The minimum atomic E-state index is -5.34. The van der Waals surface area contributed by atoms with E-state index >= 15 is 0 Å². The first kappa shape index (κ1) is 16.1. The first-order valence-corrected chi connectivity index (χ1v) is 8.09. The molecule has 1 aromatic rings. The van der Waals surface area contributed by atoms with E-state index in [1.165, 1.54) is 12.1 Å². The second kappa shape index (κ2) is 5.84. The first-order valence-electron chi connectivity index (χ1n) is 6.60. The fourth-order valence-corrected chi connectivity index (χ4v) is 3.61. The van der Waals surface area contributed by atoms with Crippen molar-refractivity contribution in [2.75, 3.05) is 25.0 Å². The van der Waals surface area contributed by atoms with Crippen molar-refractivity contribution in [2.45, 2.75) is 29.3 Å². The van der Waals surface area contributed by atoms with Gasteiger partial charge < -0.3 is 10.2 Å². The van der Waals surface area contributed by atoms with E-state index in [2.05, 4.69) is 5.32 Å². The lowest BCUT2D eigenvalue weighted by molar-refractivity contribution is -0.0435. The number of rotatable bonds is 4. The molecule has 1 atom stereocenters. The predicted octanol–water partition coefficient (Wildman–Crippen LogP) is 2.17. The van der Waals surface area contributed by atoms with Crippen molar-refractivity contribution in [3.8, 4) is 0 Å². The minimum Gasteiger partial charge on any atom is -0.366 e. The maximum Gasteiger partial charge on any atom is 0.501 e. The number of hydrogen-bond donors (Lipinski definition) is 1. The molecule has 0 spiro atoms. The second-order valence-corrected chi connectivity index (χ2v) is 6.87. The van der Waals surface area contributed by atoms with Gasteiger partial charge in [0.15, 0.2) is 0 Å². The molecular weight excluding hydrogens is 305 g/mol. The van der Waals surface area contributed by atoms with Crippen LogP contribution in [0.2, 0.25) is 0 Å². The number of benzene rings is 1. The molecule has 2 rings (SSSR count). The van der Waals surface area contributed by atoms with Gasteiger partial charge in [-0.2, -0.15) is 13.2 Å². The van der Waals surface area contributed by atoms with Crippen LogP contribution in [-0.2, 0) is 9.84 Å². The minimum absolute atomic E-state index is 0.000385. The summed E-state index contributed by atoms with van der Waals surface area (Å²) in [6.07, 6.45) is 1.65. The third-order valence-electron chi connectivity index (χ3n) is 3.59. The van der Waals surface area contributed by atoms with Gasteiger partial charge in [0.2, 0.25) is 0 Å². The number of likely N-dealkylation sites (N-methyl/N-ethyl adjacent to an activating group) is 1. The molecule has 1 heterocycles. The van der Waals surface area contributed by atoms with Crippen LogP contribution in [0.25, 0.3) is 0 Å². The number of nitrogens with one attached hydrogen (secondary N) is 1. The Bertz CT molecular complexity index is 602. The van der Waals surface area contributed by atoms with Crippen molar-refractivity contribution in [1.82, 2.24) is 5.32 Å². The molecule has 0 bridgehead atoms. The molecule has 8 heteroatoms. The normalized spacial score (nSPS) is 20.0. The number of alkyl halides is 3. The monoisotopic (exact) mass is 322 g/mol. The van der Waals surface area contributed by atoms with Gasteiger partial charge in [0, 0.05) is 19.1 Å². The quantitative estimate of drug-likeness (QED) is 0.923. The summed E-state index contributed by atoms with van der Waals surface area (Å²) >= 11 is 0. The van der Waals surface area contributed by atoms with Crippen LogP contribution in [0.15, 0.2) is 29.2 Å². The number of hydrogen-bond acceptors (Lipinski definition) is 4. The van der Waals surface area contributed by atoms with Crippen LogP contribution in [0.4, 0.5) is 18.9 Å². The number of halogens is 3. The highest BCUT2D eigenvalue weighted by Gasteiger charge is 2.48. The van der Waals surface area contributed by atoms with Gasteiger partial charge in [0.1, 0.15) is 0 Å². The van der Waals surface area contributed by atoms with E-state index in [1.54, 1.807) is 18.0 Å². The molecule has 0 radical (unpaired) electrons. The Kier molecular flexibility index (Phi) is 4.48. The molecule has 118 valence electrons. The van der Waals surface area contributed by atoms with E-state index in [0.717, 1.165) is 18.9 Å². The summed E-state index contributed by atoms with van der Waals surface area (Å²) in [7, 11) is -3.59. The summed E-state index contributed by atoms with van der Waals surface area (Å²) in [5, 5.41) is 2.98. The van der Waals surface area contributed by atoms with Crippen LogP contribution >= 0.6 is 0 Å². The number of anilines is 1. The number of sulfone groups is 1. The fraction of sp³-hybridized carbons (Fsp3) is 0.538. The number of nitrogens with zero attached hydrogens (tertiary/aromatic N) is 1. The molecule has 0 amide bonds. The molecule has 1 saturated heterocycles. The Labute approximate surface area is 121 Å². The molecule has 0 aromatic heterocycles. The third-order valence-corrected chi connectivity index (χ3v) is 5.12. The zero-order valence-electron chi connectivity index (χ0n) is 11.5. The topological polar surface area (TPSA) is 49.4 Å². The van der Waals surface area contributed by atoms with Crippen LogP contribution in [-0.4, -0.2) is 40.1 Å². The zero-order valence-corrected chi connectivity index (χ0v) is 12.3. The second-order valence-electron chi connectivity index (χ2n) is 4.96. The van der Waals surface area contributed by atoms with E-state index in [9.17, 15) is 21.6 Å². The molecule has 1 aliphatic rings. The average Bonchev–Trinajstić information content (AvgIpc) is 2.86. The largest absolute Gasteiger partial charge is 0.501 e. The van der Waals surface area contributed by atoms with Gasteiger partial charge in [0.25, 0.3) is 9.84 Å². The van der Waals surface area contributed by atoms with Crippen molar-refractivity contribution in [1.29, 1.82) is 0 Å². The van der Waals surface area contributed by atoms with Crippen LogP contribution in [0.1, 0.15) is 12.8 Å². The van der Waals surface area contributed by atoms with E-state index < -0.39 is 20.2 Å². The molecule has 1 N–H and O–H groups in total. The Morgan fingerprint density at radius 2 is 2.00 bits per heavy atom. The molecule has 4 nitrogen and oxygen atoms in total. The molecular formula is C13H17F3N2O2S. The molecule has 1 fully saturated rings. The lowest BCUT2D eigenvalue weighted by Crippen LogP contribution is -2.38. The maximum absolute atomic E-state index is 12.8. The van der Waals surface area contributed by atoms with Gasteiger partial charge in [-0.25, -0.2) is 8.42 Å². The van der Waals surface area contributed by atoms with Gasteiger partial charge in [-0.05, 0) is 32.0 Å². The fourth-order valence-electron chi connectivity index (χ4n) is 2.65. The van der Waals surface area contributed by atoms with Crippen molar-refractivity contribution < 1.29 is 21.6 Å². The summed E-state index contributed by atoms with van der Waals surface area (Å²) in [6, 6.07) is 5.32. The Morgan fingerprint density at radius 1 is 1.33 bits per heavy atom. The Morgan fingerprint density at radius 3 is 2.62 bits per heavy atom. The lowest BCUT2D eigenvalue weighted by Gasteiger charge is -2.28.